The molecular weight excluding hydrogens is 546 g/mol. The monoisotopic (exact) mass is 570 g/mol. The number of aromatic nitrogens is 2. The minimum atomic E-state index is -3.45. The summed E-state index contributed by atoms with van der Waals surface area (Å²) in [5, 5.41) is 12.2. The molecule has 10 nitrogen and oxygen atoms in total. The summed E-state index contributed by atoms with van der Waals surface area (Å²) in [6.07, 6.45) is 4.03. The number of halogens is 2. The van der Waals surface area contributed by atoms with E-state index < -0.39 is 51.0 Å². The largest absolute Gasteiger partial charge is 0.480 e. The predicted octanol–water partition coefficient (Wildman–Crippen LogP) is 3.14. The highest BCUT2D eigenvalue weighted by atomic mass is 32.2. The third-order valence-corrected chi connectivity index (χ3v) is 7.63. The number of carbonyl (C=O) groups is 2. The Bertz CT molecular complexity index is 1880. The van der Waals surface area contributed by atoms with Gasteiger partial charge in [0.1, 0.15) is 29.2 Å². The number of H-pyrrole nitrogens is 1. The Hall–Kier alpha value is -4.52. The maximum atomic E-state index is 15.4. The Morgan fingerprint density at radius 3 is 2.48 bits per heavy atom. The van der Waals surface area contributed by atoms with E-state index in [1.165, 1.54) is 48.0 Å². The fourth-order valence-electron chi connectivity index (χ4n) is 5.05. The van der Waals surface area contributed by atoms with Gasteiger partial charge in [-0.05, 0) is 36.8 Å². The molecule has 0 fully saturated rings. The number of sulfone groups is 1. The molecule has 2 atom stereocenters. The first-order chi connectivity index (χ1) is 18.8. The van der Waals surface area contributed by atoms with Gasteiger partial charge in [-0.3, -0.25) is 14.4 Å². The van der Waals surface area contributed by atoms with E-state index in [1.54, 1.807) is 6.07 Å². The van der Waals surface area contributed by atoms with Crippen LogP contribution in [-0.2, 0) is 32.2 Å². The maximum Gasteiger partial charge on any atom is 0.325 e. The molecule has 1 aliphatic heterocycles. The second-order valence-electron chi connectivity index (χ2n) is 9.81. The first-order valence-corrected chi connectivity index (χ1v) is 14.1. The minimum Gasteiger partial charge on any atom is -0.480 e. The number of hydrogen-bond acceptors (Lipinski definition) is 6. The third-order valence-electron chi connectivity index (χ3n) is 6.78. The van der Waals surface area contributed by atoms with E-state index in [9.17, 15) is 32.3 Å². The highest BCUT2D eigenvalue weighted by Crippen LogP contribution is 2.49. The van der Waals surface area contributed by atoms with E-state index in [0.717, 1.165) is 18.4 Å². The summed E-state index contributed by atoms with van der Waals surface area (Å²) in [7, 11) is -1.92. The minimum absolute atomic E-state index is 0.139. The van der Waals surface area contributed by atoms with Crippen LogP contribution in [0, 0.1) is 11.6 Å². The summed E-state index contributed by atoms with van der Waals surface area (Å²) in [6.45, 7) is 1.27. The molecule has 13 heteroatoms. The van der Waals surface area contributed by atoms with Crippen LogP contribution in [0.3, 0.4) is 0 Å². The summed E-state index contributed by atoms with van der Waals surface area (Å²) in [6, 6.07) is 4.72. The molecule has 0 aliphatic carbocycles. The van der Waals surface area contributed by atoms with Crippen molar-refractivity contribution in [3.8, 4) is 11.1 Å². The molecule has 0 bridgehead atoms. The number of amides is 1. The molecule has 1 aliphatic rings. The van der Waals surface area contributed by atoms with E-state index in [-0.39, 0.29) is 28.2 Å². The summed E-state index contributed by atoms with van der Waals surface area (Å²) < 4.78 is 54.9. The standard InChI is InChI=1S/C27H24F2N4O6S/c1-13(27(36)37)31-25(34)24-17-10-30-23-22(17)18(11-32(2)26(23)35)16-8-14(12-40(3,38)39)4-6-20(16)33(24)21-7-5-15(28)9-19(21)29/h4-11,13,24,30H,12H2,1-3H3,(H,31,34)(H,36,37). The van der Waals surface area contributed by atoms with Crippen molar-refractivity contribution < 1.29 is 31.9 Å². The number of carboxylic acids is 1. The second kappa shape index (κ2) is 9.59. The third kappa shape index (κ3) is 4.62. The number of nitrogens with one attached hydrogen (secondary N) is 2. The maximum absolute atomic E-state index is 15.4. The molecule has 5 rings (SSSR count). The zero-order chi connectivity index (χ0) is 29.1. The van der Waals surface area contributed by atoms with Gasteiger partial charge in [0, 0.05) is 53.8 Å². The lowest BCUT2D eigenvalue weighted by molar-refractivity contribution is -0.141. The van der Waals surface area contributed by atoms with Crippen LogP contribution < -0.4 is 15.8 Å². The smallest absolute Gasteiger partial charge is 0.325 e. The fraction of sp³-hybridized carbons (Fsp3) is 0.222. The van der Waals surface area contributed by atoms with Crippen molar-refractivity contribution in [2.75, 3.05) is 11.2 Å². The quantitative estimate of drug-likeness (QED) is 0.323. The fourth-order valence-corrected chi connectivity index (χ4v) is 5.83. The Balaban J connectivity index is 1.90. The number of fused-ring (bicyclic) bond motifs is 2. The molecule has 0 saturated carbocycles. The Morgan fingerprint density at radius 1 is 1.12 bits per heavy atom. The number of aliphatic carboxylic acids is 1. The van der Waals surface area contributed by atoms with Crippen LogP contribution in [0.1, 0.15) is 24.1 Å². The molecule has 4 aromatic rings. The van der Waals surface area contributed by atoms with Crippen molar-refractivity contribution in [1.82, 2.24) is 14.9 Å². The van der Waals surface area contributed by atoms with Crippen LogP contribution in [0.4, 0.5) is 20.2 Å². The summed E-state index contributed by atoms with van der Waals surface area (Å²) >= 11 is 0. The van der Waals surface area contributed by atoms with Crippen LogP contribution in [0.25, 0.3) is 22.0 Å². The molecule has 2 unspecified atom stereocenters. The average molecular weight is 571 g/mol. The second-order valence-corrected chi connectivity index (χ2v) is 12.0. The van der Waals surface area contributed by atoms with Gasteiger partial charge in [0.2, 0.25) is 5.91 Å². The number of hydrogen-bond donors (Lipinski definition) is 3. The average Bonchev–Trinajstić information content (AvgIpc) is 3.24. The Kier molecular flexibility index (Phi) is 6.49. The SMILES string of the molecule is CC(NC(=O)C1c2c[nH]c3c(=O)n(C)cc(c23)-c2cc(CS(C)(=O)=O)ccc2N1c1ccc(F)cc1F)C(=O)O. The zero-order valence-corrected chi connectivity index (χ0v) is 22.3. The van der Waals surface area contributed by atoms with Gasteiger partial charge in [0.25, 0.3) is 5.56 Å². The van der Waals surface area contributed by atoms with E-state index in [0.29, 0.717) is 28.1 Å². The molecule has 2 aromatic heterocycles. The van der Waals surface area contributed by atoms with Gasteiger partial charge in [-0.25, -0.2) is 17.2 Å². The molecule has 0 saturated heterocycles. The van der Waals surface area contributed by atoms with Crippen LogP contribution >= 0.6 is 0 Å². The number of carbonyl (C=O) groups excluding carboxylic acids is 1. The van der Waals surface area contributed by atoms with Gasteiger partial charge in [-0.1, -0.05) is 6.07 Å². The predicted molar refractivity (Wildman–Crippen MR) is 144 cm³/mol. The van der Waals surface area contributed by atoms with Crippen LogP contribution in [0.5, 0.6) is 0 Å². The number of anilines is 2. The van der Waals surface area contributed by atoms with Gasteiger partial charge >= 0.3 is 5.97 Å². The number of aromatic amines is 1. The Labute approximate surface area is 226 Å². The molecule has 1 amide bonds. The normalized spacial score (nSPS) is 15.4. The molecule has 40 heavy (non-hydrogen) atoms. The highest BCUT2D eigenvalue weighted by Gasteiger charge is 2.39. The number of pyridine rings is 1. The van der Waals surface area contributed by atoms with E-state index >= 15 is 4.39 Å². The van der Waals surface area contributed by atoms with Crippen molar-refractivity contribution in [3.63, 3.8) is 0 Å². The van der Waals surface area contributed by atoms with Crippen LogP contribution in [-0.4, -0.2) is 47.2 Å². The van der Waals surface area contributed by atoms with E-state index in [2.05, 4.69) is 10.3 Å². The highest BCUT2D eigenvalue weighted by molar-refractivity contribution is 7.89. The lowest BCUT2D eigenvalue weighted by atomic mass is 9.98. The van der Waals surface area contributed by atoms with E-state index in [1.807, 2.05) is 0 Å². The van der Waals surface area contributed by atoms with Crippen LogP contribution in [0.2, 0.25) is 0 Å². The molecule has 0 spiro atoms. The van der Waals surface area contributed by atoms with E-state index in [4.69, 9.17) is 0 Å². The molecule has 3 N–H and O–H groups in total. The van der Waals surface area contributed by atoms with Crippen molar-refractivity contribution >= 4 is 44.0 Å². The number of nitrogens with zero attached hydrogens (tertiary/aromatic N) is 2. The van der Waals surface area contributed by atoms with Gasteiger partial charge in [-0.2, -0.15) is 0 Å². The van der Waals surface area contributed by atoms with Gasteiger partial charge in [-0.15, -0.1) is 0 Å². The zero-order valence-electron chi connectivity index (χ0n) is 21.5. The van der Waals surface area contributed by atoms with Crippen LogP contribution in [0.15, 0.2) is 53.6 Å². The Morgan fingerprint density at radius 2 is 1.82 bits per heavy atom. The molecular formula is C27H24F2N4O6S. The van der Waals surface area contributed by atoms with Crippen molar-refractivity contribution in [2.24, 2.45) is 7.05 Å². The van der Waals surface area contributed by atoms with Crippen molar-refractivity contribution in [3.05, 3.63) is 81.9 Å². The van der Waals surface area contributed by atoms with Gasteiger partial charge in [0.05, 0.1) is 17.1 Å². The molecule has 3 heterocycles. The number of benzene rings is 2. The summed E-state index contributed by atoms with van der Waals surface area (Å²) in [5.74, 6) is -4.28. The topological polar surface area (TPSA) is 142 Å². The first kappa shape index (κ1) is 27.1. The lowest BCUT2D eigenvalue weighted by Gasteiger charge is -2.33. The van der Waals surface area contributed by atoms with Crippen molar-refractivity contribution in [1.29, 1.82) is 0 Å². The number of rotatable bonds is 6. The van der Waals surface area contributed by atoms with Gasteiger partial charge in [0.15, 0.2) is 9.84 Å². The van der Waals surface area contributed by atoms with Crippen molar-refractivity contribution in [2.45, 2.75) is 24.8 Å². The summed E-state index contributed by atoms with van der Waals surface area (Å²) in [5.41, 5.74) is 1.25. The number of aryl methyl sites for hydroxylation is 1. The van der Waals surface area contributed by atoms with Gasteiger partial charge < -0.3 is 24.9 Å². The number of carboxylic acid groups (broad SMARTS) is 1. The first-order valence-electron chi connectivity index (χ1n) is 12.1. The summed E-state index contributed by atoms with van der Waals surface area (Å²) in [4.78, 5) is 42.6. The molecule has 0 radical (unpaired) electrons. The molecule has 2 aromatic carbocycles. The molecule has 208 valence electrons. The lowest BCUT2D eigenvalue weighted by Crippen LogP contribution is -2.45.